The number of aliphatic hydroxyl groups is 1. The van der Waals surface area contributed by atoms with Crippen LogP contribution in [0, 0.1) is 0 Å². The minimum Gasteiger partial charge on any atom is -0.391 e. The van der Waals surface area contributed by atoms with Crippen LogP contribution in [-0.4, -0.2) is 39.6 Å². The summed E-state index contributed by atoms with van der Waals surface area (Å²) in [7, 11) is -4.23. The molecule has 4 N–H and O–H groups in total. The lowest BCUT2D eigenvalue weighted by atomic mass is 10.3. The van der Waals surface area contributed by atoms with Gasteiger partial charge in [0, 0.05) is 12.1 Å². The van der Waals surface area contributed by atoms with E-state index in [-0.39, 0.29) is 12.1 Å². The highest BCUT2D eigenvalue weighted by Gasteiger charge is 2.19. The summed E-state index contributed by atoms with van der Waals surface area (Å²) in [6.45, 7) is 4.65. The second kappa shape index (κ2) is 5.26. The molecule has 0 saturated carbocycles. The number of hydrogen-bond donors (Lipinski definition) is 4. The maximum Gasteiger partial charge on any atom is 0.328 e. The molecule has 0 rings (SSSR count). The molecular weight excluding hydrogens is 209 g/mol. The Labute approximate surface area is 81.8 Å². The van der Waals surface area contributed by atoms with Gasteiger partial charge in [-0.25, -0.2) is 0 Å². The zero-order valence-electron chi connectivity index (χ0n) is 7.80. The highest BCUT2D eigenvalue weighted by atomic mass is 31.2. The number of carbonyl (C=O) groups excluding carboxylic acids is 1. The first-order valence-corrected chi connectivity index (χ1v) is 5.68. The first kappa shape index (κ1) is 13.3. The summed E-state index contributed by atoms with van der Waals surface area (Å²) >= 11 is 0. The van der Waals surface area contributed by atoms with Gasteiger partial charge in [0.25, 0.3) is 0 Å². The third kappa shape index (κ3) is 6.80. The van der Waals surface area contributed by atoms with E-state index in [1.807, 2.05) is 0 Å². The van der Waals surface area contributed by atoms with Crippen LogP contribution in [0.2, 0.25) is 0 Å². The van der Waals surface area contributed by atoms with Gasteiger partial charge in [-0.05, 0) is 6.92 Å². The van der Waals surface area contributed by atoms with Crippen molar-refractivity contribution in [3.8, 4) is 0 Å². The molecule has 0 heterocycles. The van der Waals surface area contributed by atoms with Crippen LogP contribution >= 0.6 is 7.60 Å². The number of nitrogens with one attached hydrogen (secondary N) is 1. The molecule has 0 aliphatic carbocycles. The molecular formula is C7H14NO5P. The first-order valence-electron chi connectivity index (χ1n) is 3.88. The molecule has 0 aliphatic heterocycles. The summed E-state index contributed by atoms with van der Waals surface area (Å²) in [5, 5.41) is 11.4. The van der Waals surface area contributed by atoms with Crippen molar-refractivity contribution in [3.05, 3.63) is 12.2 Å². The van der Waals surface area contributed by atoms with Gasteiger partial charge >= 0.3 is 7.60 Å². The predicted octanol–water partition coefficient (Wildman–Crippen LogP) is -0.783. The first-order chi connectivity index (χ1) is 6.22. The summed E-state index contributed by atoms with van der Waals surface area (Å²) in [6, 6.07) is 0. The Morgan fingerprint density at radius 1 is 1.57 bits per heavy atom. The Balaban J connectivity index is 3.86. The monoisotopic (exact) mass is 223 g/mol. The van der Waals surface area contributed by atoms with Crippen molar-refractivity contribution < 1.29 is 24.3 Å². The van der Waals surface area contributed by atoms with Gasteiger partial charge in [0.2, 0.25) is 5.91 Å². The lowest BCUT2D eigenvalue weighted by Gasteiger charge is -2.12. The van der Waals surface area contributed by atoms with Crippen LogP contribution in [0.1, 0.15) is 6.92 Å². The standard InChI is InChI=1S/C7H14NO5P/c1-5(2)7(10)8-3-6(9)4-14(11,12)13/h6,9H,1,3-4H2,2H3,(H,8,10)(H2,11,12,13). The Hall–Kier alpha value is -0.680. The predicted molar refractivity (Wildman–Crippen MR) is 50.7 cm³/mol. The second-order valence-electron chi connectivity index (χ2n) is 2.99. The highest BCUT2D eigenvalue weighted by molar-refractivity contribution is 7.51. The van der Waals surface area contributed by atoms with Crippen molar-refractivity contribution in [2.75, 3.05) is 12.7 Å². The maximum absolute atomic E-state index is 10.9. The summed E-state index contributed by atoms with van der Waals surface area (Å²) in [6.07, 6.45) is -1.91. The van der Waals surface area contributed by atoms with E-state index in [2.05, 4.69) is 11.9 Å². The van der Waals surface area contributed by atoms with E-state index in [9.17, 15) is 9.36 Å². The molecule has 6 nitrogen and oxygen atoms in total. The summed E-state index contributed by atoms with van der Waals surface area (Å²) in [5.41, 5.74) is 0.272. The van der Waals surface area contributed by atoms with E-state index in [0.717, 1.165) is 0 Å². The number of rotatable bonds is 5. The Morgan fingerprint density at radius 3 is 2.43 bits per heavy atom. The lowest BCUT2D eigenvalue weighted by Crippen LogP contribution is -2.34. The van der Waals surface area contributed by atoms with Gasteiger partial charge in [-0.1, -0.05) is 6.58 Å². The number of carbonyl (C=O) groups is 1. The van der Waals surface area contributed by atoms with Gasteiger partial charge in [0.15, 0.2) is 0 Å². The summed E-state index contributed by atoms with van der Waals surface area (Å²) < 4.78 is 10.4. The molecule has 1 unspecified atom stereocenters. The molecule has 0 bridgehead atoms. The number of hydrogen-bond acceptors (Lipinski definition) is 3. The minimum absolute atomic E-state index is 0.198. The van der Waals surface area contributed by atoms with Crippen molar-refractivity contribution in [3.63, 3.8) is 0 Å². The number of amides is 1. The average molecular weight is 223 g/mol. The van der Waals surface area contributed by atoms with Crippen LogP contribution in [-0.2, 0) is 9.36 Å². The van der Waals surface area contributed by atoms with Crippen molar-refractivity contribution in [2.45, 2.75) is 13.0 Å². The van der Waals surface area contributed by atoms with Gasteiger partial charge in [0.05, 0.1) is 12.3 Å². The van der Waals surface area contributed by atoms with E-state index in [4.69, 9.17) is 14.9 Å². The molecule has 14 heavy (non-hydrogen) atoms. The molecule has 0 aliphatic rings. The quantitative estimate of drug-likeness (QED) is 0.361. The summed E-state index contributed by atoms with van der Waals surface area (Å²) in [5.74, 6) is -0.449. The van der Waals surface area contributed by atoms with Gasteiger partial charge in [-0.3, -0.25) is 9.36 Å². The molecule has 0 radical (unpaired) electrons. The Bertz CT molecular complexity index is 271. The second-order valence-corrected chi connectivity index (χ2v) is 4.69. The molecule has 0 saturated heterocycles. The van der Waals surface area contributed by atoms with Crippen LogP contribution < -0.4 is 5.32 Å². The van der Waals surface area contributed by atoms with Crippen LogP contribution in [0.4, 0.5) is 0 Å². The molecule has 82 valence electrons. The topological polar surface area (TPSA) is 107 Å². The van der Waals surface area contributed by atoms with Gasteiger partial charge in [0.1, 0.15) is 0 Å². The fraction of sp³-hybridized carbons (Fsp3) is 0.571. The highest BCUT2D eigenvalue weighted by Crippen LogP contribution is 2.34. The Morgan fingerprint density at radius 2 is 2.07 bits per heavy atom. The smallest absolute Gasteiger partial charge is 0.328 e. The van der Waals surface area contributed by atoms with E-state index in [1.54, 1.807) is 0 Å². The van der Waals surface area contributed by atoms with Crippen LogP contribution in [0.25, 0.3) is 0 Å². The normalized spacial score (nSPS) is 13.4. The van der Waals surface area contributed by atoms with Crippen molar-refractivity contribution in [1.29, 1.82) is 0 Å². The molecule has 0 fully saturated rings. The lowest BCUT2D eigenvalue weighted by molar-refractivity contribution is -0.117. The SMILES string of the molecule is C=C(C)C(=O)NCC(O)CP(=O)(O)O. The zero-order valence-corrected chi connectivity index (χ0v) is 8.70. The molecule has 0 spiro atoms. The third-order valence-electron chi connectivity index (χ3n) is 1.33. The van der Waals surface area contributed by atoms with Crippen molar-refractivity contribution in [1.82, 2.24) is 5.32 Å². The van der Waals surface area contributed by atoms with Gasteiger partial charge < -0.3 is 20.2 Å². The van der Waals surface area contributed by atoms with Crippen molar-refractivity contribution >= 4 is 13.5 Å². The fourth-order valence-electron chi connectivity index (χ4n) is 0.700. The van der Waals surface area contributed by atoms with E-state index in [1.165, 1.54) is 6.92 Å². The minimum atomic E-state index is -4.23. The third-order valence-corrected chi connectivity index (χ3v) is 2.23. The molecule has 0 aromatic heterocycles. The van der Waals surface area contributed by atoms with E-state index < -0.39 is 25.8 Å². The molecule has 0 aromatic carbocycles. The van der Waals surface area contributed by atoms with E-state index in [0.29, 0.717) is 0 Å². The molecule has 1 amide bonds. The fourth-order valence-corrected chi connectivity index (χ4v) is 1.38. The molecule has 1 atom stereocenters. The van der Waals surface area contributed by atoms with Gasteiger partial charge in [-0.15, -0.1) is 0 Å². The zero-order chi connectivity index (χ0) is 11.4. The van der Waals surface area contributed by atoms with Gasteiger partial charge in [-0.2, -0.15) is 0 Å². The Kier molecular flexibility index (Phi) is 5.01. The summed E-state index contributed by atoms with van der Waals surface area (Å²) in [4.78, 5) is 27.9. The van der Waals surface area contributed by atoms with Crippen molar-refractivity contribution in [2.24, 2.45) is 0 Å². The molecule has 7 heteroatoms. The average Bonchev–Trinajstić information content (AvgIpc) is 1.96. The van der Waals surface area contributed by atoms with Crippen LogP contribution in [0.5, 0.6) is 0 Å². The van der Waals surface area contributed by atoms with Crippen LogP contribution in [0.15, 0.2) is 12.2 Å². The van der Waals surface area contributed by atoms with E-state index >= 15 is 0 Å². The number of aliphatic hydroxyl groups excluding tert-OH is 1. The van der Waals surface area contributed by atoms with Crippen LogP contribution in [0.3, 0.4) is 0 Å². The largest absolute Gasteiger partial charge is 0.391 e. The molecule has 0 aromatic rings. The maximum atomic E-state index is 10.9.